The molecule has 1 amide bonds. The van der Waals surface area contributed by atoms with Gasteiger partial charge >= 0.3 is 0 Å². The summed E-state index contributed by atoms with van der Waals surface area (Å²) in [5.41, 5.74) is 10.7. The third-order valence-electron chi connectivity index (χ3n) is 5.30. The Morgan fingerprint density at radius 1 is 0.912 bits per heavy atom. The van der Waals surface area contributed by atoms with E-state index in [-0.39, 0.29) is 5.91 Å². The molecule has 0 saturated heterocycles. The van der Waals surface area contributed by atoms with Crippen molar-refractivity contribution in [1.82, 2.24) is 9.97 Å². The minimum Gasteiger partial charge on any atom is -0.366 e. The minimum atomic E-state index is -0.641. The number of carbonyl (C=O) groups excluding carboxylic acids is 1. The first-order valence-corrected chi connectivity index (χ1v) is 11.2. The van der Waals surface area contributed by atoms with Crippen LogP contribution in [0, 0.1) is 0 Å². The predicted molar refractivity (Wildman–Crippen MR) is 140 cm³/mol. The largest absolute Gasteiger partial charge is 0.366 e. The predicted octanol–water partition coefficient (Wildman–Crippen LogP) is 2.60. The highest BCUT2D eigenvalue weighted by molar-refractivity contribution is 6.35. The topological polar surface area (TPSA) is 105 Å². The number of benzene rings is 3. The first kappa shape index (κ1) is 23.0. The Balaban J connectivity index is 1.38. The highest BCUT2D eigenvalue weighted by Crippen LogP contribution is 2.19. The van der Waals surface area contributed by atoms with Crippen molar-refractivity contribution in [3.63, 3.8) is 0 Å². The van der Waals surface area contributed by atoms with Crippen LogP contribution in [-0.4, -0.2) is 29.8 Å². The zero-order chi connectivity index (χ0) is 23.8. The van der Waals surface area contributed by atoms with E-state index in [1.54, 1.807) is 6.20 Å². The molecule has 3 aromatic carbocycles. The fourth-order valence-corrected chi connectivity index (χ4v) is 3.46. The van der Waals surface area contributed by atoms with E-state index in [2.05, 4.69) is 38.1 Å². The molecule has 0 bridgehead atoms. The van der Waals surface area contributed by atoms with Gasteiger partial charge in [0.1, 0.15) is 13.7 Å². The maximum absolute atomic E-state index is 12.6. The van der Waals surface area contributed by atoms with Crippen molar-refractivity contribution in [3.8, 4) is 0 Å². The van der Waals surface area contributed by atoms with Crippen molar-refractivity contribution in [1.29, 1.82) is 0 Å². The molecular weight excluding hydrogens is 423 g/mol. The van der Waals surface area contributed by atoms with Crippen LogP contribution in [0.5, 0.6) is 0 Å². The minimum absolute atomic E-state index is 0.236. The van der Waals surface area contributed by atoms with E-state index in [4.69, 9.17) is 5.73 Å². The summed E-state index contributed by atoms with van der Waals surface area (Å²) in [7, 11) is 1.96. The van der Waals surface area contributed by atoms with Crippen molar-refractivity contribution >= 4 is 42.4 Å². The van der Waals surface area contributed by atoms with Crippen molar-refractivity contribution in [2.45, 2.75) is 19.0 Å². The Morgan fingerprint density at radius 2 is 1.59 bits per heavy atom. The number of nitrogens with zero attached hydrogens (tertiary/aromatic N) is 2. The van der Waals surface area contributed by atoms with Gasteiger partial charge in [0.25, 0.3) is 0 Å². The second-order valence-electron chi connectivity index (χ2n) is 8.06. The van der Waals surface area contributed by atoms with Crippen molar-refractivity contribution in [3.05, 3.63) is 102 Å². The summed E-state index contributed by atoms with van der Waals surface area (Å²) in [6, 6.07) is 26.6. The van der Waals surface area contributed by atoms with Crippen LogP contribution < -0.4 is 27.1 Å². The molecule has 1 atom stereocenters. The monoisotopic (exact) mass is 450 g/mol. The lowest BCUT2D eigenvalue weighted by atomic mass is 9.99. The highest BCUT2D eigenvalue weighted by Gasteiger charge is 2.14. The van der Waals surface area contributed by atoms with Gasteiger partial charge in [0.2, 0.25) is 11.9 Å². The van der Waals surface area contributed by atoms with Gasteiger partial charge in [-0.25, -0.2) is 4.98 Å². The number of amides is 1. The van der Waals surface area contributed by atoms with Crippen molar-refractivity contribution in [2.24, 2.45) is 5.73 Å². The summed E-state index contributed by atoms with van der Waals surface area (Å²) in [4.78, 5) is 21.6. The van der Waals surface area contributed by atoms with Gasteiger partial charge in [-0.3, -0.25) is 4.79 Å². The molecule has 7 nitrogen and oxygen atoms in total. The summed E-state index contributed by atoms with van der Waals surface area (Å²) in [5, 5.41) is 9.46. The second kappa shape index (κ2) is 11.1. The smallest absolute Gasteiger partial charge is 0.241 e. The van der Waals surface area contributed by atoms with Crippen LogP contribution in [-0.2, 0) is 17.8 Å². The molecule has 0 fully saturated rings. The average molecular weight is 450 g/mol. The number of carbonyl (C=O) groups is 1. The number of rotatable bonds is 9. The molecule has 0 aliphatic heterocycles. The van der Waals surface area contributed by atoms with Gasteiger partial charge in [-0.05, 0) is 41.2 Å². The normalized spacial score (nSPS) is 11.4. The van der Waals surface area contributed by atoms with Gasteiger partial charge in [-0.15, -0.1) is 0 Å². The van der Waals surface area contributed by atoms with E-state index in [1.807, 2.05) is 80.6 Å². The molecule has 0 aliphatic carbocycles. The maximum atomic E-state index is 12.6. The molecule has 5 N–H and O–H groups in total. The lowest BCUT2D eigenvalue weighted by Crippen LogP contribution is -2.37. The summed E-state index contributed by atoms with van der Waals surface area (Å²) in [6.07, 6.45) is 2.25. The molecule has 34 heavy (non-hydrogen) atoms. The number of nitrogens with one attached hydrogen (secondary N) is 3. The highest BCUT2D eigenvalue weighted by atomic mass is 16.2. The van der Waals surface area contributed by atoms with Crippen LogP contribution in [0.25, 0.3) is 0 Å². The molecule has 1 unspecified atom stereocenters. The van der Waals surface area contributed by atoms with Gasteiger partial charge in [0.05, 0.1) is 6.04 Å². The first-order chi connectivity index (χ1) is 16.6. The number of hydrogen-bond acceptors (Lipinski definition) is 6. The average Bonchev–Trinajstić information content (AvgIpc) is 2.86. The van der Waals surface area contributed by atoms with E-state index in [0.29, 0.717) is 24.6 Å². The Labute approximate surface area is 200 Å². The number of aromatic nitrogens is 2. The molecule has 4 rings (SSSR count). The van der Waals surface area contributed by atoms with Crippen LogP contribution in [0.4, 0.5) is 23.1 Å². The van der Waals surface area contributed by atoms with Gasteiger partial charge < -0.3 is 21.7 Å². The molecular formula is C26H27BN6O. The Kier molecular flexibility index (Phi) is 7.52. The molecule has 0 saturated carbocycles. The first-order valence-electron chi connectivity index (χ1n) is 11.2. The summed E-state index contributed by atoms with van der Waals surface area (Å²) < 4.78 is 0. The van der Waals surface area contributed by atoms with E-state index in [0.717, 1.165) is 22.5 Å². The zero-order valence-corrected chi connectivity index (χ0v) is 19.0. The van der Waals surface area contributed by atoms with Crippen molar-refractivity contribution in [2.75, 3.05) is 16.0 Å². The molecule has 1 heterocycles. The number of anilines is 4. The second-order valence-corrected chi connectivity index (χ2v) is 8.06. The zero-order valence-electron chi connectivity index (χ0n) is 19.0. The fraction of sp³-hybridized carbons (Fsp3) is 0.115. The van der Waals surface area contributed by atoms with Gasteiger partial charge in [-0.2, -0.15) is 4.98 Å². The van der Waals surface area contributed by atoms with Gasteiger partial charge in [0, 0.05) is 24.1 Å². The van der Waals surface area contributed by atoms with Gasteiger partial charge in [-0.1, -0.05) is 66.7 Å². The van der Waals surface area contributed by atoms with E-state index in [1.165, 1.54) is 5.56 Å². The van der Waals surface area contributed by atoms with E-state index in [9.17, 15) is 4.79 Å². The standard InChI is InChI=1S/C26H27BN6O/c27-22-17-30-26(33-24(22)29-16-19-10-5-2-6-11-19)32-21-13-7-12-20(15-21)31-25(34)23(28)14-18-8-3-1-4-9-18/h1-13,15,17,23H,14,16,27-28H2,(H,31,34)(H2,29,30,32,33). The molecule has 8 heteroatoms. The molecule has 0 aliphatic rings. The Hall–Kier alpha value is -4.17. The molecule has 0 radical (unpaired) electrons. The van der Waals surface area contributed by atoms with Crippen LogP contribution in [0.2, 0.25) is 0 Å². The maximum Gasteiger partial charge on any atom is 0.241 e. The quantitative estimate of drug-likeness (QED) is 0.292. The van der Waals surface area contributed by atoms with Crippen LogP contribution >= 0.6 is 0 Å². The third kappa shape index (κ3) is 6.43. The summed E-state index contributed by atoms with van der Waals surface area (Å²) in [6.45, 7) is 0.670. The van der Waals surface area contributed by atoms with Crippen molar-refractivity contribution < 1.29 is 4.79 Å². The van der Waals surface area contributed by atoms with Crippen LogP contribution in [0.15, 0.2) is 91.1 Å². The summed E-state index contributed by atoms with van der Waals surface area (Å²) >= 11 is 0. The van der Waals surface area contributed by atoms with Crippen LogP contribution in [0.3, 0.4) is 0 Å². The summed E-state index contributed by atoms with van der Waals surface area (Å²) in [5.74, 6) is 0.989. The van der Waals surface area contributed by atoms with E-state index >= 15 is 0 Å². The molecule has 1 aromatic heterocycles. The Bertz CT molecular complexity index is 1240. The number of nitrogens with two attached hydrogens (primary N) is 1. The third-order valence-corrected chi connectivity index (χ3v) is 5.30. The SMILES string of the molecule is Bc1cnc(Nc2cccc(NC(=O)C(N)Cc3ccccc3)c2)nc1NCc1ccccc1. The number of hydrogen-bond donors (Lipinski definition) is 4. The Morgan fingerprint density at radius 3 is 2.32 bits per heavy atom. The molecule has 4 aromatic rings. The van der Waals surface area contributed by atoms with Crippen LogP contribution in [0.1, 0.15) is 11.1 Å². The van der Waals surface area contributed by atoms with Gasteiger partial charge in [0.15, 0.2) is 0 Å². The lowest BCUT2D eigenvalue weighted by molar-refractivity contribution is -0.117. The molecule has 170 valence electrons. The van der Waals surface area contributed by atoms with E-state index < -0.39 is 6.04 Å². The fourth-order valence-electron chi connectivity index (χ4n) is 3.46. The lowest BCUT2D eigenvalue weighted by Gasteiger charge is -2.14. The molecule has 0 spiro atoms.